The number of aryl methyl sites for hydroxylation is 1. The third-order valence-corrected chi connectivity index (χ3v) is 5.37. The molecule has 0 saturated carbocycles. The minimum Gasteiger partial charge on any atom is -0.351 e. The molecule has 2 aromatic rings. The number of nitrogens with zero attached hydrogens (tertiary/aromatic N) is 2. The third kappa shape index (κ3) is 3.98. The van der Waals surface area contributed by atoms with Crippen molar-refractivity contribution in [1.29, 1.82) is 0 Å². The van der Waals surface area contributed by atoms with Crippen LogP contribution in [0.2, 0.25) is 0 Å². The lowest BCUT2D eigenvalue weighted by Gasteiger charge is -2.24. The van der Waals surface area contributed by atoms with Crippen molar-refractivity contribution in [1.82, 2.24) is 15.2 Å². The quantitative estimate of drug-likeness (QED) is 0.914. The van der Waals surface area contributed by atoms with Gasteiger partial charge in [-0.1, -0.05) is 6.07 Å². The van der Waals surface area contributed by atoms with Crippen molar-refractivity contribution < 1.29 is 4.79 Å². The second-order valence-corrected chi connectivity index (χ2v) is 7.12. The number of amides is 1. The van der Waals surface area contributed by atoms with Crippen molar-refractivity contribution in [2.75, 3.05) is 6.54 Å². The maximum atomic E-state index is 11.1. The van der Waals surface area contributed by atoms with Gasteiger partial charge in [0.2, 0.25) is 5.91 Å². The van der Waals surface area contributed by atoms with Crippen LogP contribution in [-0.2, 0) is 17.9 Å². The summed E-state index contributed by atoms with van der Waals surface area (Å²) in [5, 5.41) is 4.99. The highest BCUT2D eigenvalue weighted by Gasteiger charge is 2.27. The standard InChI is InChI=1S/C18H23N3OS/c1-13-8-10-23-18(13)12-21-9-4-7-17(21)16-6-3-5-15(20-16)11-19-14(2)22/h3,5-6,8,10,17H,4,7,9,11-12H2,1-2H3,(H,19,22). The number of carbonyl (C=O) groups excluding carboxylic acids is 1. The van der Waals surface area contributed by atoms with Crippen LogP contribution in [0.25, 0.3) is 0 Å². The number of thiophene rings is 1. The zero-order chi connectivity index (χ0) is 16.2. The monoisotopic (exact) mass is 329 g/mol. The fourth-order valence-electron chi connectivity index (χ4n) is 3.10. The van der Waals surface area contributed by atoms with Gasteiger partial charge in [-0.2, -0.15) is 0 Å². The Balaban J connectivity index is 1.73. The number of rotatable bonds is 5. The van der Waals surface area contributed by atoms with Gasteiger partial charge in [0.15, 0.2) is 0 Å². The molecule has 122 valence electrons. The normalized spacial score (nSPS) is 18.3. The van der Waals surface area contributed by atoms with Crippen LogP contribution in [0.4, 0.5) is 0 Å². The van der Waals surface area contributed by atoms with E-state index in [0.717, 1.165) is 30.9 Å². The predicted molar refractivity (Wildman–Crippen MR) is 93.2 cm³/mol. The third-order valence-electron chi connectivity index (χ3n) is 4.37. The second-order valence-electron chi connectivity index (χ2n) is 6.12. The summed E-state index contributed by atoms with van der Waals surface area (Å²) in [5.74, 6) is -0.0205. The summed E-state index contributed by atoms with van der Waals surface area (Å²) in [6.07, 6.45) is 2.37. The van der Waals surface area contributed by atoms with Gasteiger partial charge in [-0.05, 0) is 55.5 Å². The van der Waals surface area contributed by atoms with Gasteiger partial charge in [0.25, 0.3) is 0 Å². The zero-order valence-electron chi connectivity index (χ0n) is 13.7. The maximum absolute atomic E-state index is 11.1. The molecule has 3 rings (SSSR count). The summed E-state index contributed by atoms with van der Waals surface area (Å²) in [6.45, 7) is 6.35. The fraction of sp³-hybridized carbons (Fsp3) is 0.444. The maximum Gasteiger partial charge on any atom is 0.217 e. The van der Waals surface area contributed by atoms with E-state index in [1.807, 2.05) is 23.5 Å². The van der Waals surface area contributed by atoms with Crippen LogP contribution in [0.5, 0.6) is 0 Å². The topological polar surface area (TPSA) is 45.2 Å². The predicted octanol–water partition coefficient (Wildman–Crippen LogP) is 3.42. The highest BCUT2D eigenvalue weighted by Crippen LogP contribution is 2.33. The average molecular weight is 329 g/mol. The first-order chi connectivity index (χ1) is 11.1. The molecular formula is C18H23N3OS. The zero-order valence-corrected chi connectivity index (χ0v) is 14.5. The van der Waals surface area contributed by atoms with Crippen molar-refractivity contribution in [3.8, 4) is 0 Å². The van der Waals surface area contributed by atoms with Crippen molar-refractivity contribution >= 4 is 17.2 Å². The average Bonchev–Trinajstić information content (AvgIpc) is 3.16. The molecule has 5 heteroatoms. The van der Waals surface area contributed by atoms with Crippen LogP contribution >= 0.6 is 11.3 Å². The molecule has 1 amide bonds. The number of carbonyl (C=O) groups is 1. The molecule has 1 aliphatic heterocycles. The Morgan fingerprint density at radius 2 is 2.30 bits per heavy atom. The van der Waals surface area contributed by atoms with Crippen LogP contribution in [-0.4, -0.2) is 22.3 Å². The largest absolute Gasteiger partial charge is 0.351 e. The summed E-state index contributed by atoms with van der Waals surface area (Å²) >= 11 is 1.84. The number of aromatic nitrogens is 1. The van der Waals surface area contributed by atoms with Gasteiger partial charge in [0.1, 0.15) is 0 Å². The summed E-state index contributed by atoms with van der Waals surface area (Å²) in [5.41, 5.74) is 3.43. The first-order valence-electron chi connectivity index (χ1n) is 8.11. The molecule has 0 aromatic carbocycles. The van der Waals surface area contributed by atoms with Gasteiger partial charge in [0, 0.05) is 18.3 Å². The highest BCUT2D eigenvalue weighted by atomic mass is 32.1. The van der Waals surface area contributed by atoms with E-state index >= 15 is 0 Å². The Hall–Kier alpha value is -1.72. The summed E-state index contributed by atoms with van der Waals surface area (Å²) in [7, 11) is 0. The Morgan fingerprint density at radius 1 is 1.43 bits per heavy atom. The molecule has 1 saturated heterocycles. The number of pyridine rings is 1. The number of likely N-dealkylation sites (tertiary alicyclic amines) is 1. The second kappa shape index (κ2) is 7.23. The smallest absolute Gasteiger partial charge is 0.217 e. The Labute approximate surface area is 141 Å². The molecule has 0 spiro atoms. The molecule has 3 heterocycles. The SMILES string of the molecule is CC(=O)NCc1cccc(C2CCCN2Cc2sccc2C)n1. The molecule has 1 aliphatic rings. The van der Waals surface area contributed by atoms with Crippen molar-refractivity contribution in [2.45, 2.75) is 45.8 Å². The van der Waals surface area contributed by atoms with E-state index in [1.54, 1.807) is 0 Å². The van der Waals surface area contributed by atoms with E-state index in [1.165, 1.54) is 23.8 Å². The Kier molecular flexibility index (Phi) is 5.08. The van der Waals surface area contributed by atoms with Gasteiger partial charge < -0.3 is 5.32 Å². The van der Waals surface area contributed by atoms with Crippen LogP contribution in [0.15, 0.2) is 29.6 Å². The minimum absolute atomic E-state index is 0.0205. The number of nitrogens with one attached hydrogen (secondary N) is 1. The lowest BCUT2D eigenvalue weighted by atomic mass is 10.1. The van der Waals surface area contributed by atoms with Crippen LogP contribution in [0.3, 0.4) is 0 Å². The van der Waals surface area contributed by atoms with Gasteiger partial charge in [-0.3, -0.25) is 14.7 Å². The first-order valence-corrected chi connectivity index (χ1v) is 8.99. The summed E-state index contributed by atoms with van der Waals surface area (Å²) in [4.78, 5) is 19.8. The first kappa shape index (κ1) is 16.1. The molecule has 1 atom stereocenters. The van der Waals surface area contributed by atoms with E-state index < -0.39 is 0 Å². The van der Waals surface area contributed by atoms with E-state index in [-0.39, 0.29) is 5.91 Å². The summed E-state index contributed by atoms with van der Waals surface area (Å²) in [6, 6.07) is 8.71. The van der Waals surface area contributed by atoms with Gasteiger partial charge in [-0.25, -0.2) is 0 Å². The number of hydrogen-bond acceptors (Lipinski definition) is 4. The molecule has 0 bridgehead atoms. The minimum atomic E-state index is -0.0205. The van der Waals surface area contributed by atoms with Gasteiger partial charge in [-0.15, -0.1) is 11.3 Å². The molecule has 0 aliphatic carbocycles. The van der Waals surface area contributed by atoms with Crippen molar-refractivity contribution in [3.05, 3.63) is 51.5 Å². The van der Waals surface area contributed by atoms with Crippen molar-refractivity contribution in [3.63, 3.8) is 0 Å². The highest BCUT2D eigenvalue weighted by molar-refractivity contribution is 7.10. The molecule has 0 radical (unpaired) electrons. The Morgan fingerprint density at radius 3 is 3.04 bits per heavy atom. The van der Waals surface area contributed by atoms with E-state index in [2.05, 4.69) is 34.7 Å². The molecule has 1 N–H and O–H groups in total. The molecule has 2 aromatic heterocycles. The van der Waals surface area contributed by atoms with Crippen molar-refractivity contribution in [2.24, 2.45) is 0 Å². The Bertz CT molecular complexity index is 682. The molecule has 1 fully saturated rings. The van der Waals surface area contributed by atoms with Gasteiger partial charge in [0.05, 0.1) is 24.0 Å². The molecule has 4 nitrogen and oxygen atoms in total. The van der Waals surface area contributed by atoms with Crippen LogP contribution in [0, 0.1) is 6.92 Å². The summed E-state index contributed by atoms with van der Waals surface area (Å²) < 4.78 is 0. The van der Waals surface area contributed by atoms with Crippen LogP contribution in [0.1, 0.15) is 47.6 Å². The van der Waals surface area contributed by atoms with E-state index in [9.17, 15) is 4.79 Å². The molecule has 23 heavy (non-hydrogen) atoms. The van der Waals surface area contributed by atoms with Gasteiger partial charge >= 0.3 is 0 Å². The van der Waals surface area contributed by atoms with E-state index in [4.69, 9.17) is 4.98 Å². The molecule has 1 unspecified atom stereocenters. The fourth-order valence-corrected chi connectivity index (χ4v) is 4.03. The lowest BCUT2D eigenvalue weighted by Crippen LogP contribution is -2.24. The molecular weight excluding hydrogens is 306 g/mol. The van der Waals surface area contributed by atoms with E-state index in [0.29, 0.717) is 12.6 Å². The van der Waals surface area contributed by atoms with Crippen LogP contribution < -0.4 is 5.32 Å². The lowest BCUT2D eigenvalue weighted by molar-refractivity contribution is -0.119. The number of hydrogen-bond donors (Lipinski definition) is 1.